The van der Waals surface area contributed by atoms with Gasteiger partial charge in [0.1, 0.15) is 11.6 Å². The van der Waals surface area contributed by atoms with E-state index in [1.165, 1.54) is 17.8 Å². The lowest BCUT2D eigenvalue weighted by atomic mass is 10.2. The molecule has 0 atom stereocenters. The standard InChI is InChI=1S/C17H17ClN4O3/c1-11(23)25-8-7-22-6-5-12-9-13(3-4-15(12)22)20-14-10-19-21(2)17(24)16(14)18/h3-6,9-10,20H,7-8H2,1-2H3. The SMILES string of the molecule is CC(=O)OCCn1ccc2cc(Nc3cnn(C)c(=O)c3Cl)ccc21. The van der Waals surface area contributed by atoms with E-state index in [0.717, 1.165) is 16.6 Å². The number of hydrogen-bond donors (Lipinski definition) is 1. The highest BCUT2D eigenvalue weighted by Gasteiger charge is 2.09. The highest BCUT2D eigenvalue weighted by Crippen LogP contribution is 2.25. The minimum Gasteiger partial charge on any atom is -0.464 e. The summed E-state index contributed by atoms with van der Waals surface area (Å²) in [4.78, 5) is 22.7. The molecular formula is C17H17ClN4O3. The number of carbonyl (C=O) groups is 1. The Morgan fingerprint density at radius 1 is 1.36 bits per heavy atom. The first-order chi connectivity index (χ1) is 12.0. The minimum atomic E-state index is -0.357. The summed E-state index contributed by atoms with van der Waals surface area (Å²) in [6.07, 6.45) is 3.45. The van der Waals surface area contributed by atoms with Crippen molar-refractivity contribution in [1.29, 1.82) is 0 Å². The smallest absolute Gasteiger partial charge is 0.302 e. The molecule has 0 bridgehead atoms. The van der Waals surface area contributed by atoms with Crippen LogP contribution in [0.4, 0.5) is 11.4 Å². The largest absolute Gasteiger partial charge is 0.464 e. The van der Waals surface area contributed by atoms with Gasteiger partial charge < -0.3 is 14.6 Å². The van der Waals surface area contributed by atoms with Crippen LogP contribution in [0.5, 0.6) is 0 Å². The Balaban J connectivity index is 1.82. The minimum absolute atomic E-state index is 0.0940. The summed E-state index contributed by atoms with van der Waals surface area (Å²) in [7, 11) is 1.54. The third-order valence-electron chi connectivity index (χ3n) is 3.77. The third kappa shape index (κ3) is 3.66. The number of rotatable bonds is 5. The lowest BCUT2D eigenvalue weighted by Gasteiger charge is -2.10. The Hall–Kier alpha value is -2.80. The van der Waals surface area contributed by atoms with Crippen molar-refractivity contribution in [3.8, 4) is 0 Å². The van der Waals surface area contributed by atoms with Crippen LogP contribution < -0.4 is 10.9 Å². The maximum absolute atomic E-state index is 11.8. The van der Waals surface area contributed by atoms with Crippen LogP contribution in [0.3, 0.4) is 0 Å². The molecule has 0 unspecified atom stereocenters. The van der Waals surface area contributed by atoms with E-state index in [-0.39, 0.29) is 16.6 Å². The van der Waals surface area contributed by atoms with Gasteiger partial charge in [-0.15, -0.1) is 0 Å². The second-order valence-electron chi connectivity index (χ2n) is 5.55. The Kier molecular flexibility index (Phi) is 4.76. The van der Waals surface area contributed by atoms with Crippen molar-refractivity contribution in [1.82, 2.24) is 14.3 Å². The van der Waals surface area contributed by atoms with E-state index in [4.69, 9.17) is 16.3 Å². The van der Waals surface area contributed by atoms with Crippen LogP contribution in [0.2, 0.25) is 5.02 Å². The van der Waals surface area contributed by atoms with Crippen molar-refractivity contribution in [2.24, 2.45) is 7.05 Å². The number of nitrogens with zero attached hydrogens (tertiary/aromatic N) is 3. The predicted octanol–water partition coefficient (Wildman–Crippen LogP) is 2.70. The third-order valence-corrected chi connectivity index (χ3v) is 4.13. The topological polar surface area (TPSA) is 78.2 Å². The Bertz CT molecular complexity index is 993. The van der Waals surface area contributed by atoms with Crippen LogP contribution in [0.15, 0.2) is 41.5 Å². The molecule has 0 saturated heterocycles. The number of nitrogens with one attached hydrogen (secondary N) is 1. The van der Waals surface area contributed by atoms with Crippen LogP contribution in [0.1, 0.15) is 6.92 Å². The maximum atomic E-state index is 11.8. The molecule has 0 aliphatic heterocycles. The molecule has 0 aliphatic carbocycles. The summed E-state index contributed by atoms with van der Waals surface area (Å²) in [5.41, 5.74) is 1.91. The summed E-state index contributed by atoms with van der Waals surface area (Å²) < 4.78 is 8.16. The summed E-state index contributed by atoms with van der Waals surface area (Å²) in [6.45, 7) is 2.30. The number of halogens is 1. The van der Waals surface area contributed by atoms with Crippen LogP contribution >= 0.6 is 11.6 Å². The van der Waals surface area contributed by atoms with Crippen molar-refractivity contribution >= 4 is 39.8 Å². The Labute approximate surface area is 148 Å². The van der Waals surface area contributed by atoms with Crippen molar-refractivity contribution in [2.45, 2.75) is 13.5 Å². The van der Waals surface area contributed by atoms with E-state index in [2.05, 4.69) is 10.4 Å². The van der Waals surface area contributed by atoms with E-state index in [1.807, 2.05) is 35.0 Å². The van der Waals surface area contributed by atoms with E-state index >= 15 is 0 Å². The Morgan fingerprint density at radius 3 is 2.92 bits per heavy atom. The fourth-order valence-electron chi connectivity index (χ4n) is 2.51. The van der Waals surface area contributed by atoms with Gasteiger partial charge >= 0.3 is 5.97 Å². The van der Waals surface area contributed by atoms with Gasteiger partial charge in [0, 0.05) is 36.8 Å². The van der Waals surface area contributed by atoms with Gasteiger partial charge in [-0.3, -0.25) is 9.59 Å². The molecule has 0 radical (unpaired) electrons. The molecule has 1 N–H and O–H groups in total. The van der Waals surface area contributed by atoms with Gasteiger partial charge in [0.25, 0.3) is 5.56 Å². The molecule has 2 aromatic heterocycles. The van der Waals surface area contributed by atoms with E-state index in [0.29, 0.717) is 18.8 Å². The molecule has 0 amide bonds. The van der Waals surface area contributed by atoms with Gasteiger partial charge in [0.05, 0.1) is 18.4 Å². The monoisotopic (exact) mass is 360 g/mol. The van der Waals surface area contributed by atoms with Crippen molar-refractivity contribution < 1.29 is 9.53 Å². The highest BCUT2D eigenvalue weighted by atomic mass is 35.5. The predicted molar refractivity (Wildman–Crippen MR) is 96.3 cm³/mol. The van der Waals surface area contributed by atoms with Gasteiger partial charge in [0.15, 0.2) is 0 Å². The average Bonchev–Trinajstić information content (AvgIpc) is 2.97. The number of aromatic nitrogens is 3. The molecule has 3 aromatic rings. The quantitative estimate of drug-likeness (QED) is 0.708. The first kappa shape index (κ1) is 17.0. The van der Waals surface area contributed by atoms with Gasteiger partial charge in [0.2, 0.25) is 0 Å². The fourth-order valence-corrected chi connectivity index (χ4v) is 2.73. The molecule has 0 fully saturated rings. The number of carbonyl (C=O) groups excluding carboxylic acids is 1. The molecule has 25 heavy (non-hydrogen) atoms. The second kappa shape index (κ2) is 6.98. The number of benzene rings is 1. The number of esters is 1. The zero-order valence-corrected chi connectivity index (χ0v) is 14.6. The molecule has 0 spiro atoms. The average molecular weight is 361 g/mol. The van der Waals surface area contributed by atoms with Crippen molar-refractivity contribution in [3.63, 3.8) is 0 Å². The summed E-state index contributed by atoms with van der Waals surface area (Å²) >= 11 is 6.07. The fraction of sp³-hybridized carbons (Fsp3) is 0.235. The Morgan fingerprint density at radius 2 is 2.16 bits per heavy atom. The molecule has 7 nitrogen and oxygen atoms in total. The van der Waals surface area contributed by atoms with E-state index in [9.17, 15) is 9.59 Å². The summed E-state index contributed by atoms with van der Waals surface area (Å²) in [5.74, 6) is -0.289. The first-order valence-corrected chi connectivity index (χ1v) is 8.04. The first-order valence-electron chi connectivity index (χ1n) is 7.67. The highest BCUT2D eigenvalue weighted by molar-refractivity contribution is 6.33. The molecule has 8 heteroatoms. The summed E-state index contributed by atoms with van der Waals surface area (Å²) in [5, 5.41) is 8.18. The molecule has 0 saturated carbocycles. The summed E-state index contributed by atoms with van der Waals surface area (Å²) in [6, 6.07) is 7.76. The molecule has 130 valence electrons. The zero-order valence-electron chi connectivity index (χ0n) is 13.8. The number of anilines is 2. The van der Waals surface area contributed by atoms with Crippen molar-refractivity contribution in [3.05, 3.63) is 52.0 Å². The molecule has 2 heterocycles. The lowest BCUT2D eigenvalue weighted by molar-refractivity contribution is -0.141. The van der Waals surface area contributed by atoms with E-state index in [1.54, 1.807) is 7.05 Å². The normalized spacial score (nSPS) is 10.8. The second-order valence-corrected chi connectivity index (χ2v) is 5.93. The van der Waals surface area contributed by atoms with E-state index < -0.39 is 0 Å². The number of ether oxygens (including phenoxy) is 1. The molecule has 1 aromatic carbocycles. The lowest BCUT2D eigenvalue weighted by Crippen LogP contribution is -2.20. The van der Waals surface area contributed by atoms with Gasteiger partial charge in [-0.1, -0.05) is 11.6 Å². The maximum Gasteiger partial charge on any atom is 0.302 e. The molecular weight excluding hydrogens is 344 g/mol. The number of fused-ring (bicyclic) bond motifs is 1. The molecule has 0 aliphatic rings. The van der Waals surface area contributed by atoms with Crippen molar-refractivity contribution in [2.75, 3.05) is 11.9 Å². The van der Waals surface area contributed by atoms with Crippen LogP contribution in [0, 0.1) is 0 Å². The van der Waals surface area contributed by atoms with Crippen LogP contribution in [-0.2, 0) is 23.1 Å². The number of aryl methyl sites for hydroxylation is 1. The van der Waals surface area contributed by atoms with Gasteiger partial charge in [-0.25, -0.2) is 4.68 Å². The van der Waals surface area contributed by atoms with Gasteiger partial charge in [-0.2, -0.15) is 5.10 Å². The van der Waals surface area contributed by atoms with Crippen LogP contribution in [-0.4, -0.2) is 26.9 Å². The zero-order chi connectivity index (χ0) is 18.0. The number of hydrogen-bond acceptors (Lipinski definition) is 5. The molecule has 3 rings (SSSR count). The van der Waals surface area contributed by atoms with Gasteiger partial charge in [-0.05, 0) is 24.3 Å². The van der Waals surface area contributed by atoms with Crippen LogP contribution in [0.25, 0.3) is 10.9 Å².